The summed E-state index contributed by atoms with van der Waals surface area (Å²) in [6.07, 6.45) is 0. The smallest absolute Gasteiger partial charge is 0.343 e. The molecule has 0 fully saturated rings. The van der Waals surface area contributed by atoms with Crippen LogP contribution in [0.4, 0.5) is 0 Å². The lowest BCUT2D eigenvalue weighted by Gasteiger charge is -2.07. The highest BCUT2D eigenvalue weighted by atomic mass is 35.5. The molecule has 0 radical (unpaired) electrons. The Kier molecular flexibility index (Phi) is 6.09. The number of esters is 1. The largest absolute Gasteiger partial charge is 0.423 e. The number of hydrogen-bond donors (Lipinski definition) is 1. The van der Waals surface area contributed by atoms with Crippen LogP contribution in [-0.4, -0.2) is 18.3 Å². The van der Waals surface area contributed by atoms with Crippen molar-refractivity contribution < 1.29 is 14.3 Å². The second-order valence-electron chi connectivity index (χ2n) is 4.36. The first-order valence-electron chi connectivity index (χ1n) is 6.23. The summed E-state index contributed by atoms with van der Waals surface area (Å²) in [5.41, 5.74) is 7.16. The maximum Gasteiger partial charge on any atom is 0.343 e. The summed E-state index contributed by atoms with van der Waals surface area (Å²) in [6, 6.07) is 13.6. The number of aryl methyl sites for hydroxylation is 1. The Balaban J connectivity index is 0.00000220. The molecule has 110 valence electrons. The highest BCUT2D eigenvalue weighted by molar-refractivity contribution is 5.97. The van der Waals surface area contributed by atoms with E-state index in [2.05, 4.69) is 0 Å². The molecule has 0 amide bonds. The molecule has 0 saturated heterocycles. The fourth-order valence-electron chi connectivity index (χ4n) is 1.79. The molecule has 0 aliphatic rings. The predicted molar refractivity (Wildman–Crippen MR) is 83.2 cm³/mol. The van der Waals surface area contributed by atoms with Gasteiger partial charge in [0.25, 0.3) is 0 Å². The van der Waals surface area contributed by atoms with Crippen LogP contribution >= 0.6 is 12.4 Å². The van der Waals surface area contributed by atoms with Crippen LogP contribution in [0.15, 0.2) is 48.5 Å². The van der Waals surface area contributed by atoms with Crippen molar-refractivity contribution in [2.24, 2.45) is 5.73 Å². The first-order chi connectivity index (χ1) is 9.61. The standard InChI is InChI=1S/C16H15NO3.ClH/c1-11-4-2-3-5-14(11)16(19)20-13-8-6-12(7-9-13)15(18)10-17;/h2-9H,10,17H2,1H3;1H. The number of ether oxygens (including phenoxy) is 1. The number of ketones is 1. The lowest BCUT2D eigenvalue weighted by molar-refractivity contribution is 0.0734. The highest BCUT2D eigenvalue weighted by Crippen LogP contribution is 2.16. The Morgan fingerprint density at radius 3 is 2.24 bits per heavy atom. The normalized spacial score (nSPS) is 9.62. The first-order valence-corrected chi connectivity index (χ1v) is 6.23. The van der Waals surface area contributed by atoms with Crippen LogP contribution in [0.2, 0.25) is 0 Å². The number of benzene rings is 2. The minimum Gasteiger partial charge on any atom is -0.423 e. The zero-order valence-corrected chi connectivity index (χ0v) is 12.4. The van der Waals surface area contributed by atoms with Crippen molar-refractivity contribution in [2.75, 3.05) is 6.54 Å². The van der Waals surface area contributed by atoms with Crippen LogP contribution in [0.3, 0.4) is 0 Å². The van der Waals surface area contributed by atoms with Crippen molar-refractivity contribution in [1.29, 1.82) is 0 Å². The molecule has 0 aliphatic carbocycles. The van der Waals surface area contributed by atoms with Crippen molar-refractivity contribution >= 4 is 24.2 Å². The van der Waals surface area contributed by atoms with E-state index in [4.69, 9.17) is 10.5 Å². The van der Waals surface area contributed by atoms with Crippen LogP contribution in [0.25, 0.3) is 0 Å². The number of nitrogens with two attached hydrogens (primary N) is 1. The molecule has 0 aliphatic heterocycles. The van der Waals surface area contributed by atoms with Crippen LogP contribution < -0.4 is 10.5 Å². The molecule has 4 nitrogen and oxygen atoms in total. The minimum atomic E-state index is -0.416. The van der Waals surface area contributed by atoms with Gasteiger partial charge in [0.2, 0.25) is 0 Å². The molecule has 0 heterocycles. The van der Waals surface area contributed by atoms with Crippen LogP contribution in [-0.2, 0) is 0 Å². The number of rotatable bonds is 4. The van der Waals surface area contributed by atoms with E-state index in [0.717, 1.165) is 5.56 Å². The van der Waals surface area contributed by atoms with Gasteiger partial charge in [-0.2, -0.15) is 0 Å². The van der Waals surface area contributed by atoms with Gasteiger partial charge in [0.1, 0.15) is 5.75 Å². The third-order valence-corrected chi connectivity index (χ3v) is 2.94. The quantitative estimate of drug-likeness (QED) is 0.536. The van der Waals surface area contributed by atoms with Crippen molar-refractivity contribution in [1.82, 2.24) is 0 Å². The Morgan fingerprint density at radius 2 is 1.67 bits per heavy atom. The molecular weight excluding hydrogens is 290 g/mol. The Bertz CT molecular complexity index is 638. The third kappa shape index (κ3) is 4.15. The summed E-state index contributed by atoms with van der Waals surface area (Å²) in [5, 5.41) is 0. The van der Waals surface area contributed by atoms with Gasteiger partial charge in [-0.05, 0) is 42.8 Å². The monoisotopic (exact) mass is 305 g/mol. The van der Waals surface area contributed by atoms with Crippen molar-refractivity contribution in [3.63, 3.8) is 0 Å². The van der Waals surface area contributed by atoms with Gasteiger partial charge in [0, 0.05) is 5.56 Å². The van der Waals surface area contributed by atoms with Gasteiger partial charge >= 0.3 is 5.97 Å². The topological polar surface area (TPSA) is 69.4 Å². The molecule has 5 heteroatoms. The summed E-state index contributed by atoms with van der Waals surface area (Å²) in [5.74, 6) is -0.172. The average Bonchev–Trinajstić information content (AvgIpc) is 2.47. The highest BCUT2D eigenvalue weighted by Gasteiger charge is 2.11. The summed E-state index contributed by atoms with van der Waals surface area (Å²) >= 11 is 0. The molecule has 0 aromatic heterocycles. The molecule has 0 bridgehead atoms. The summed E-state index contributed by atoms with van der Waals surface area (Å²) in [7, 11) is 0. The van der Waals surface area contributed by atoms with E-state index < -0.39 is 5.97 Å². The van der Waals surface area contributed by atoms with Gasteiger partial charge in [0.15, 0.2) is 5.78 Å². The SMILES string of the molecule is Cc1ccccc1C(=O)Oc1ccc(C(=O)CN)cc1.Cl. The molecule has 2 aromatic rings. The van der Waals surface area contributed by atoms with Gasteiger partial charge in [-0.1, -0.05) is 18.2 Å². The fourth-order valence-corrected chi connectivity index (χ4v) is 1.79. The van der Waals surface area contributed by atoms with E-state index in [1.807, 2.05) is 19.1 Å². The van der Waals surface area contributed by atoms with Crippen molar-refractivity contribution in [3.8, 4) is 5.75 Å². The zero-order valence-electron chi connectivity index (χ0n) is 11.5. The summed E-state index contributed by atoms with van der Waals surface area (Å²) < 4.78 is 5.27. The number of carbonyl (C=O) groups is 2. The molecule has 21 heavy (non-hydrogen) atoms. The number of Topliss-reactive ketones (excluding diaryl/α,β-unsaturated/α-hetero) is 1. The van der Waals surface area contributed by atoms with Crippen molar-refractivity contribution in [3.05, 3.63) is 65.2 Å². The summed E-state index contributed by atoms with van der Waals surface area (Å²) in [6.45, 7) is 1.81. The van der Waals surface area contributed by atoms with Crippen LogP contribution in [0.5, 0.6) is 5.75 Å². The Morgan fingerprint density at radius 1 is 1.05 bits per heavy atom. The summed E-state index contributed by atoms with van der Waals surface area (Å²) in [4.78, 5) is 23.4. The van der Waals surface area contributed by atoms with E-state index in [1.165, 1.54) is 0 Å². The van der Waals surface area contributed by atoms with Crippen molar-refractivity contribution in [2.45, 2.75) is 6.92 Å². The number of halogens is 1. The fraction of sp³-hybridized carbons (Fsp3) is 0.125. The lowest BCUT2D eigenvalue weighted by Crippen LogP contribution is -2.13. The molecule has 0 spiro atoms. The van der Waals surface area contributed by atoms with Gasteiger partial charge in [-0.25, -0.2) is 4.79 Å². The number of hydrogen-bond acceptors (Lipinski definition) is 4. The predicted octanol–water partition coefficient (Wildman–Crippen LogP) is 2.78. The van der Waals surface area contributed by atoms with Gasteiger partial charge in [-0.15, -0.1) is 12.4 Å². The van der Waals surface area contributed by atoms with Crippen LogP contribution in [0.1, 0.15) is 26.3 Å². The van der Waals surface area contributed by atoms with E-state index >= 15 is 0 Å². The van der Waals surface area contributed by atoms with E-state index in [0.29, 0.717) is 16.9 Å². The third-order valence-electron chi connectivity index (χ3n) is 2.94. The van der Waals surface area contributed by atoms with Gasteiger partial charge in [0.05, 0.1) is 12.1 Å². The molecule has 2 rings (SSSR count). The van der Waals surface area contributed by atoms with Gasteiger partial charge < -0.3 is 10.5 Å². The molecule has 2 N–H and O–H groups in total. The molecule has 0 saturated carbocycles. The second-order valence-corrected chi connectivity index (χ2v) is 4.36. The molecule has 2 aromatic carbocycles. The lowest BCUT2D eigenvalue weighted by atomic mass is 10.1. The number of carbonyl (C=O) groups excluding carboxylic acids is 2. The maximum absolute atomic E-state index is 12.0. The maximum atomic E-state index is 12.0. The Hall–Kier alpha value is -2.17. The van der Waals surface area contributed by atoms with E-state index in [1.54, 1.807) is 36.4 Å². The molecule has 0 unspecified atom stereocenters. The second kappa shape index (κ2) is 7.57. The molecular formula is C16H16ClNO3. The van der Waals surface area contributed by atoms with Gasteiger partial charge in [-0.3, -0.25) is 4.79 Å². The van der Waals surface area contributed by atoms with E-state index in [9.17, 15) is 9.59 Å². The minimum absolute atomic E-state index is 0. The Labute approximate surface area is 129 Å². The first kappa shape index (κ1) is 16.9. The zero-order chi connectivity index (χ0) is 14.5. The van der Waals surface area contributed by atoms with Crippen LogP contribution in [0, 0.1) is 6.92 Å². The molecule has 0 atom stereocenters. The van der Waals surface area contributed by atoms with E-state index in [-0.39, 0.29) is 24.7 Å². The average molecular weight is 306 g/mol.